The molecule has 2 heterocycles. The number of hydrogen-bond acceptors (Lipinski definition) is 3. The van der Waals surface area contributed by atoms with Gasteiger partial charge in [0.05, 0.1) is 11.1 Å². The quantitative estimate of drug-likeness (QED) is 0.635. The van der Waals surface area contributed by atoms with Crippen LogP contribution in [-0.4, -0.2) is 10.9 Å². The molecule has 0 aliphatic carbocycles. The van der Waals surface area contributed by atoms with E-state index in [1.165, 1.54) is 4.90 Å². The van der Waals surface area contributed by atoms with Gasteiger partial charge in [-0.1, -0.05) is 32.5 Å². The fraction of sp³-hybridized carbons (Fsp3) is 0.500. The van der Waals surface area contributed by atoms with Gasteiger partial charge in [-0.25, -0.2) is 0 Å². The smallest absolute Gasteiger partial charge is 0.152 e. The molecule has 3 heteroatoms. The number of ether oxygens (including phenoxy) is 1. The standard InChI is InChI=1S/C10H13NOS/c1-10(2,3)9-4-8-7(5-11-9)12-6-13-8/h4-5H,6H2,1-3H3. The first kappa shape index (κ1) is 8.88. The Morgan fingerprint density at radius 2 is 2.23 bits per heavy atom. The molecule has 0 fully saturated rings. The molecule has 0 bridgehead atoms. The second-order valence-electron chi connectivity index (χ2n) is 4.17. The van der Waals surface area contributed by atoms with Gasteiger partial charge in [0.15, 0.2) is 5.75 Å². The van der Waals surface area contributed by atoms with E-state index in [-0.39, 0.29) is 5.41 Å². The van der Waals surface area contributed by atoms with Crippen molar-refractivity contribution in [2.75, 3.05) is 5.94 Å². The summed E-state index contributed by atoms with van der Waals surface area (Å²) in [6.07, 6.45) is 1.83. The van der Waals surface area contributed by atoms with E-state index >= 15 is 0 Å². The highest BCUT2D eigenvalue weighted by atomic mass is 32.2. The van der Waals surface area contributed by atoms with Gasteiger partial charge >= 0.3 is 0 Å². The lowest BCUT2D eigenvalue weighted by atomic mass is 9.92. The predicted octanol–water partition coefficient (Wildman–Crippen LogP) is 2.82. The van der Waals surface area contributed by atoms with Gasteiger partial charge < -0.3 is 4.74 Å². The average molecular weight is 195 g/mol. The van der Waals surface area contributed by atoms with Crippen molar-refractivity contribution in [2.45, 2.75) is 31.1 Å². The Balaban J connectivity index is 2.42. The van der Waals surface area contributed by atoms with Gasteiger partial charge in [0.1, 0.15) is 5.94 Å². The van der Waals surface area contributed by atoms with Gasteiger partial charge in [0, 0.05) is 11.1 Å². The van der Waals surface area contributed by atoms with Crippen LogP contribution in [0.2, 0.25) is 0 Å². The molecule has 0 amide bonds. The molecule has 2 rings (SSSR count). The average Bonchev–Trinajstić information content (AvgIpc) is 2.47. The Kier molecular flexibility index (Phi) is 1.99. The summed E-state index contributed by atoms with van der Waals surface area (Å²) >= 11 is 1.74. The molecule has 70 valence electrons. The van der Waals surface area contributed by atoms with E-state index in [2.05, 4.69) is 31.8 Å². The zero-order valence-corrected chi connectivity index (χ0v) is 8.94. The number of aromatic nitrogens is 1. The maximum Gasteiger partial charge on any atom is 0.152 e. The van der Waals surface area contributed by atoms with E-state index in [1.807, 2.05) is 6.20 Å². The summed E-state index contributed by atoms with van der Waals surface area (Å²) < 4.78 is 5.37. The summed E-state index contributed by atoms with van der Waals surface area (Å²) in [5, 5.41) is 0. The van der Waals surface area contributed by atoms with Crippen LogP contribution in [-0.2, 0) is 5.41 Å². The van der Waals surface area contributed by atoms with Crippen molar-refractivity contribution in [1.82, 2.24) is 4.98 Å². The van der Waals surface area contributed by atoms with Crippen molar-refractivity contribution in [1.29, 1.82) is 0 Å². The van der Waals surface area contributed by atoms with E-state index in [1.54, 1.807) is 11.8 Å². The van der Waals surface area contributed by atoms with Gasteiger partial charge in [0.2, 0.25) is 0 Å². The first-order valence-electron chi connectivity index (χ1n) is 4.33. The van der Waals surface area contributed by atoms with E-state index in [9.17, 15) is 0 Å². The predicted molar refractivity (Wildman–Crippen MR) is 54.3 cm³/mol. The van der Waals surface area contributed by atoms with Crippen LogP contribution < -0.4 is 4.74 Å². The Morgan fingerprint density at radius 3 is 2.92 bits per heavy atom. The number of fused-ring (bicyclic) bond motifs is 1. The second kappa shape index (κ2) is 2.91. The van der Waals surface area contributed by atoms with Gasteiger partial charge in [-0.3, -0.25) is 4.98 Å². The van der Waals surface area contributed by atoms with Crippen LogP contribution in [0.1, 0.15) is 26.5 Å². The maximum absolute atomic E-state index is 5.37. The van der Waals surface area contributed by atoms with Crippen molar-refractivity contribution in [3.05, 3.63) is 18.0 Å². The van der Waals surface area contributed by atoms with Gasteiger partial charge in [-0.2, -0.15) is 0 Å². The summed E-state index contributed by atoms with van der Waals surface area (Å²) in [4.78, 5) is 5.61. The summed E-state index contributed by atoms with van der Waals surface area (Å²) in [5.41, 5.74) is 1.25. The minimum Gasteiger partial charge on any atom is -0.480 e. The third-order valence-electron chi connectivity index (χ3n) is 2.03. The first-order valence-corrected chi connectivity index (χ1v) is 5.32. The summed E-state index contributed by atoms with van der Waals surface area (Å²) in [7, 11) is 0. The topological polar surface area (TPSA) is 22.1 Å². The number of pyridine rings is 1. The van der Waals surface area contributed by atoms with Crippen LogP contribution in [0.4, 0.5) is 0 Å². The van der Waals surface area contributed by atoms with Crippen molar-refractivity contribution >= 4 is 11.8 Å². The van der Waals surface area contributed by atoms with Crippen LogP contribution >= 0.6 is 11.8 Å². The van der Waals surface area contributed by atoms with Crippen LogP contribution in [0.3, 0.4) is 0 Å². The summed E-state index contributed by atoms with van der Waals surface area (Å²) in [6.45, 7) is 6.51. The molecular weight excluding hydrogens is 182 g/mol. The molecule has 2 nitrogen and oxygen atoms in total. The summed E-state index contributed by atoms with van der Waals surface area (Å²) in [5.74, 6) is 1.66. The lowest BCUT2D eigenvalue weighted by Crippen LogP contribution is -2.13. The third-order valence-corrected chi connectivity index (χ3v) is 2.89. The highest BCUT2D eigenvalue weighted by Gasteiger charge is 2.20. The summed E-state index contributed by atoms with van der Waals surface area (Å²) in [6, 6.07) is 2.13. The van der Waals surface area contributed by atoms with E-state index in [0.29, 0.717) is 0 Å². The molecule has 0 N–H and O–H groups in total. The lowest BCUT2D eigenvalue weighted by molar-refractivity contribution is 0.394. The van der Waals surface area contributed by atoms with Gasteiger partial charge in [-0.15, -0.1) is 0 Å². The van der Waals surface area contributed by atoms with Crippen molar-refractivity contribution < 1.29 is 4.74 Å². The molecule has 1 aliphatic heterocycles. The zero-order valence-electron chi connectivity index (χ0n) is 8.13. The van der Waals surface area contributed by atoms with E-state index < -0.39 is 0 Å². The van der Waals surface area contributed by atoms with Crippen LogP contribution in [0, 0.1) is 0 Å². The Labute approximate surface area is 82.7 Å². The highest BCUT2D eigenvalue weighted by Crippen LogP contribution is 2.37. The number of rotatable bonds is 0. The first-order chi connectivity index (χ1) is 6.07. The van der Waals surface area contributed by atoms with Gasteiger partial charge in [0.25, 0.3) is 0 Å². The maximum atomic E-state index is 5.37. The third kappa shape index (κ3) is 1.66. The lowest BCUT2D eigenvalue weighted by Gasteiger charge is -2.17. The molecule has 0 saturated carbocycles. The number of thioether (sulfide) groups is 1. The molecule has 1 aliphatic rings. The Bertz CT molecular complexity index is 330. The van der Waals surface area contributed by atoms with Crippen molar-refractivity contribution in [3.63, 3.8) is 0 Å². The SMILES string of the molecule is CC(C)(C)c1cc2c(cn1)OCS2. The minimum atomic E-state index is 0.123. The van der Waals surface area contributed by atoms with Crippen LogP contribution in [0.5, 0.6) is 5.75 Å². The highest BCUT2D eigenvalue weighted by molar-refractivity contribution is 7.99. The number of hydrogen-bond donors (Lipinski definition) is 0. The molecule has 0 spiro atoms. The van der Waals surface area contributed by atoms with Gasteiger partial charge in [-0.05, 0) is 6.07 Å². The van der Waals surface area contributed by atoms with E-state index in [0.717, 1.165) is 17.4 Å². The zero-order chi connectivity index (χ0) is 9.47. The molecule has 1 aromatic rings. The molecule has 1 aromatic heterocycles. The van der Waals surface area contributed by atoms with Crippen molar-refractivity contribution in [3.8, 4) is 5.75 Å². The monoisotopic (exact) mass is 195 g/mol. The molecule has 0 unspecified atom stereocenters. The largest absolute Gasteiger partial charge is 0.480 e. The minimum absolute atomic E-state index is 0.123. The van der Waals surface area contributed by atoms with E-state index in [4.69, 9.17) is 4.74 Å². The van der Waals surface area contributed by atoms with Crippen LogP contribution in [0.25, 0.3) is 0 Å². The normalized spacial score (nSPS) is 15.3. The molecule has 0 atom stereocenters. The molecule has 13 heavy (non-hydrogen) atoms. The molecular formula is C10H13NOS. The Hall–Kier alpha value is -0.700. The van der Waals surface area contributed by atoms with Crippen LogP contribution in [0.15, 0.2) is 17.2 Å². The van der Waals surface area contributed by atoms with Crippen molar-refractivity contribution in [2.24, 2.45) is 0 Å². The fourth-order valence-corrected chi connectivity index (χ4v) is 1.97. The second-order valence-corrected chi connectivity index (χ2v) is 5.14. The fourth-order valence-electron chi connectivity index (χ4n) is 1.21. The molecule has 0 aromatic carbocycles. The molecule has 0 radical (unpaired) electrons. The Morgan fingerprint density at radius 1 is 1.46 bits per heavy atom. The molecule has 0 saturated heterocycles. The number of nitrogens with zero attached hydrogens (tertiary/aromatic N) is 1.